The van der Waals surface area contributed by atoms with E-state index in [1.807, 2.05) is 0 Å². The predicted octanol–water partition coefficient (Wildman–Crippen LogP) is 1.58. The number of carbonyl (C=O) groups excluding carboxylic acids is 3. The first-order valence-electron chi connectivity index (χ1n) is 11.4. The van der Waals surface area contributed by atoms with E-state index >= 15 is 0 Å². The molecule has 0 saturated carbocycles. The summed E-state index contributed by atoms with van der Waals surface area (Å²) >= 11 is 0. The van der Waals surface area contributed by atoms with Crippen LogP contribution in [0.3, 0.4) is 0 Å². The van der Waals surface area contributed by atoms with E-state index in [1.54, 1.807) is 18.2 Å². The molecule has 0 radical (unpaired) electrons. The van der Waals surface area contributed by atoms with Crippen molar-refractivity contribution in [1.29, 1.82) is 0 Å². The molecule has 202 valence electrons. The number of nitrogens with zero attached hydrogens (tertiary/aromatic N) is 3. The minimum atomic E-state index is -4.54. The molecule has 0 aromatic heterocycles. The zero-order valence-electron chi connectivity index (χ0n) is 19.7. The number of aliphatic imine (C=N–C) groups is 1. The van der Waals surface area contributed by atoms with E-state index in [1.165, 1.54) is 23.1 Å². The Kier molecular flexibility index (Phi) is 7.37. The maximum atomic E-state index is 13.1. The van der Waals surface area contributed by atoms with E-state index in [9.17, 15) is 32.7 Å². The minimum absolute atomic E-state index is 0. The van der Waals surface area contributed by atoms with Crippen LogP contribution < -0.4 is 16.0 Å². The lowest BCUT2D eigenvalue weighted by molar-refractivity contribution is -0.150. The third-order valence-corrected chi connectivity index (χ3v) is 6.40. The first kappa shape index (κ1) is 27.4. The van der Waals surface area contributed by atoms with E-state index in [4.69, 9.17) is 10.5 Å². The third-order valence-electron chi connectivity index (χ3n) is 6.40. The number of morpholine rings is 1. The standard InChI is InChI=1S/C24H22F3N5O5.ClH/c25-24(26,27)11-31-10-12-1-3-15(8-17(12)22(31)35)32-5-6-37-19(23(32)36)18(33)21(34)30-14-2-4-16-13(7-14)9-29-20(16)28;/h1-4,7-8,18-19,33H,5-6,9-11H2,(H2,28,29)(H,30,34);1H/t18-,19-;/m1./s1. The number of nitrogens with one attached hydrogen (secondary N) is 1. The maximum Gasteiger partial charge on any atom is 0.406 e. The normalized spacial score (nSPS) is 19.5. The van der Waals surface area contributed by atoms with Crippen LogP contribution in [-0.4, -0.2) is 71.6 Å². The van der Waals surface area contributed by atoms with Crippen LogP contribution in [0.15, 0.2) is 41.4 Å². The van der Waals surface area contributed by atoms with Gasteiger partial charge >= 0.3 is 6.18 Å². The Balaban J connectivity index is 0.00000336. The molecule has 2 aromatic carbocycles. The van der Waals surface area contributed by atoms with Crippen LogP contribution in [0.1, 0.15) is 27.0 Å². The molecule has 5 rings (SSSR count). The largest absolute Gasteiger partial charge is 0.406 e. The van der Waals surface area contributed by atoms with Crippen LogP contribution in [-0.2, 0) is 27.4 Å². The molecule has 3 amide bonds. The van der Waals surface area contributed by atoms with Crippen molar-refractivity contribution in [1.82, 2.24) is 4.90 Å². The Labute approximate surface area is 220 Å². The average Bonchev–Trinajstić information content (AvgIpc) is 3.36. The molecule has 38 heavy (non-hydrogen) atoms. The number of carbonyl (C=O) groups is 3. The maximum absolute atomic E-state index is 13.1. The van der Waals surface area contributed by atoms with Crippen LogP contribution in [0.25, 0.3) is 0 Å². The zero-order chi connectivity index (χ0) is 26.5. The van der Waals surface area contributed by atoms with E-state index in [0.717, 1.165) is 11.1 Å². The molecule has 3 heterocycles. The van der Waals surface area contributed by atoms with Gasteiger partial charge in [0.05, 0.1) is 13.2 Å². The van der Waals surface area contributed by atoms with Crippen molar-refractivity contribution < 1.29 is 37.4 Å². The molecule has 4 N–H and O–H groups in total. The van der Waals surface area contributed by atoms with Crippen LogP contribution in [0.2, 0.25) is 0 Å². The highest BCUT2D eigenvalue weighted by Gasteiger charge is 2.41. The number of alkyl halides is 3. The quantitative estimate of drug-likeness (QED) is 0.514. The summed E-state index contributed by atoms with van der Waals surface area (Å²) in [6.07, 6.45) is -7.90. The second-order valence-corrected chi connectivity index (χ2v) is 8.91. The number of hydrogen-bond acceptors (Lipinski definition) is 7. The van der Waals surface area contributed by atoms with Crippen LogP contribution in [0.5, 0.6) is 0 Å². The number of aliphatic hydroxyl groups is 1. The van der Waals surface area contributed by atoms with Crippen molar-refractivity contribution in [2.24, 2.45) is 10.7 Å². The van der Waals surface area contributed by atoms with Gasteiger partial charge in [-0.15, -0.1) is 12.4 Å². The highest BCUT2D eigenvalue weighted by molar-refractivity contribution is 6.06. The number of hydrogen-bond donors (Lipinski definition) is 3. The Morgan fingerprint density at radius 2 is 1.95 bits per heavy atom. The number of amides is 3. The molecule has 3 aliphatic rings. The molecular weight excluding hydrogens is 531 g/mol. The molecule has 1 fully saturated rings. The summed E-state index contributed by atoms with van der Waals surface area (Å²) in [6.45, 7) is -1.14. The second kappa shape index (κ2) is 10.2. The minimum Gasteiger partial charge on any atom is -0.383 e. The van der Waals surface area contributed by atoms with E-state index in [2.05, 4.69) is 10.3 Å². The van der Waals surface area contributed by atoms with Crippen molar-refractivity contribution in [3.8, 4) is 0 Å². The summed E-state index contributed by atoms with van der Waals surface area (Å²) in [5.41, 5.74) is 8.47. The van der Waals surface area contributed by atoms with Crippen molar-refractivity contribution in [3.05, 3.63) is 58.7 Å². The predicted molar refractivity (Wildman–Crippen MR) is 132 cm³/mol. The number of rotatable bonds is 5. The molecule has 14 heteroatoms. The number of amidine groups is 1. The molecule has 0 spiro atoms. The molecule has 0 bridgehead atoms. The van der Waals surface area contributed by atoms with Gasteiger partial charge in [0, 0.05) is 35.6 Å². The topological polar surface area (TPSA) is 138 Å². The van der Waals surface area contributed by atoms with Gasteiger partial charge in [0.1, 0.15) is 12.4 Å². The van der Waals surface area contributed by atoms with E-state index in [0.29, 0.717) is 28.5 Å². The number of ether oxygens (including phenoxy) is 1. The Hall–Kier alpha value is -3.68. The average molecular weight is 554 g/mol. The lowest BCUT2D eigenvalue weighted by Gasteiger charge is -2.34. The molecule has 1 saturated heterocycles. The molecule has 0 unspecified atom stereocenters. The summed E-state index contributed by atoms with van der Waals surface area (Å²) in [6, 6.07) is 9.30. The third kappa shape index (κ3) is 5.17. The lowest BCUT2D eigenvalue weighted by atomic mass is 10.1. The number of halogens is 4. The van der Waals surface area contributed by atoms with Crippen molar-refractivity contribution in [2.75, 3.05) is 29.9 Å². The fourth-order valence-corrected chi connectivity index (χ4v) is 4.61. The fourth-order valence-electron chi connectivity index (χ4n) is 4.61. The Bertz CT molecular complexity index is 1340. The SMILES string of the molecule is Cl.NC1=NCc2cc(NC(=O)[C@H](O)[C@H]3OCCN(c4ccc5c(c4)C(=O)N(CC(F)(F)F)C5)C3=O)ccc21. The van der Waals surface area contributed by atoms with Gasteiger partial charge in [0.15, 0.2) is 12.2 Å². The van der Waals surface area contributed by atoms with Crippen molar-refractivity contribution >= 4 is 47.3 Å². The zero-order valence-corrected chi connectivity index (χ0v) is 20.5. The number of benzene rings is 2. The van der Waals surface area contributed by atoms with Gasteiger partial charge in [-0.1, -0.05) is 6.07 Å². The van der Waals surface area contributed by atoms with E-state index < -0.39 is 42.7 Å². The first-order valence-corrected chi connectivity index (χ1v) is 11.4. The van der Waals surface area contributed by atoms with Gasteiger partial charge in [-0.2, -0.15) is 13.2 Å². The van der Waals surface area contributed by atoms with Gasteiger partial charge in [-0.3, -0.25) is 19.4 Å². The highest BCUT2D eigenvalue weighted by atomic mass is 35.5. The van der Waals surface area contributed by atoms with Gasteiger partial charge < -0.3 is 30.7 Å². The van der Waals surface area contributed by atoms with Gasteiger partial charge in [0.25, 0.3) is 17.7 Å². The van der Waals surface area contributed by atoms with Gasteiger partial charge in [0.2, 0.25) is 0 Å². The van der Waals surface area contributed by atoms with Crippen molar-refractivity contribution in [3.63, 3.8) is 0 Å². The van der Waals surface area contributed by atoms with Crippen LogP contribution >= 0.6 is 12.4 Å². The van der Waals surface area contributed by atoms with Crippen LogP contribution in [0.4, 0.5) is 24.5 Å². The Morgan fingerprint density at radius 1 is 1.18 bits per heavy atom. The monoisotopic (exact) mass is 553 g/mol. The van der Waals surface area contributed by atoms with Crippen molar-refractivity contribution in [2.45, 2.75) is 31.5 Å². The lowest BCUT2D eigenvalue weighted by Crippen LogP contribution is -2.55. The summed E-state index contributed by atoms with van der Waals surface area (Å²) < 4.78 is 43.8. The molecule has 2 atom stereocenters. The second-order valence-electron chi connectivity index (χ2n) is 8.91. The summed E-state index contributed by atoms with van der Waals surface area (Å²) in [5.74, 6) is -1.97. The molecule has 0 aliphatic carbocycles. The fraction of sp³-hybridized carbons (Fsp3) is 0.333. The van der Waals surface area contributed by atoms with E-state index in [-0.39, 0.29) is 43.4 Å². The summed E-state index contributed by atoms with van der Waals surface area (Å²) in [5, 5.41) is 13.2. The number of nitrogens with two attached hydrogens (primary N) is 1. The summed E-state index contributed by atoms with van der Waals surface area (Å²) in [7, 11) is 0. The van der Waals surface area contributed by atoms with Crippen LogP contribution in [0, 0.1) is 0 Å². The summed E-state index contributed by atoms with van der Waals surface area (Å²) in [4.78, 5) is 44.4. The molecule has 3 aliphatic heterocycles. The number of fused-ring (bicyclic) bond motifs is 2. The molecular formula is C24H23ClF3N5O5. The first-order chi connectivity index (χ1) is 17.5. The molecule has 10 nitrogen and oxygen atoms in total. The van der Waals surface area contributed by atoms with Gasteiger partial charge in [-0.25, -0.2) is 0 Å². The van der Waals surface area contributed by atoms with Gasteiger partial charge in [-0.05, 0) is 41.5 Å². The Morgan fingerprint density at radius 3 is 2.68 bits per heavy atom. The highest BCUT2D eigenvalue weighted by Crippen LogP contribution is 2.31. The number of anilines is 2. The smallest absolute Gasteiger partial charge is 0.383 e. The molecule has 2 aromatic rings. The number of aliphatic hydroxyl groups excluding tert-OH is 1.